The van der Waals surface area contributed by atoms with E-state index in [-0.39, 0.29) is 33.1 Å². The number of nitrogens with zero attached hydrogens (tertiary/aromatic N) is 2. The maximum Gasteiger partial charge on any atom is 0.264 e. The smallest absolute Gasteiger partial charge is 0.264 e. The molecule has 0 unspecified atom stereocenters. The minimum absolute atomic E-state index is 0.000857. The molecule has 3 aromatic carbocycles. The zero-order chi connectivity index (χ0) is 30.2. The predicted molar refractivity (Wildman–Crippen MR) is 163 cm³/mol. The van der Waals surface area contributed by atoms with Crippen molar-refractivity contribution in [3.05, 3.63) is 87.9 Å². The molecule has 1 N–H and O–H groups in total. The number of carbonyl (C=O) groups is 2. The Kier molecular flexibility index (Phi) is 11.5. The number of rotatable bonds is 13. The quantitative estimate of drug-likeness (QED) is 0.259. The van der Waals surface area contributed by atoms with Gasteiger partial charge in [-0.25, -0.2) is 8.42 Å². The lowest BCUT2D eigenvalue weighted by atomic mass is 10.1. The number of sulfonamides is 1. The summed E-state index contributed by atoms with van der Waals surface area (Å²) in [6.07, 6.45) is 1.04. The summed E-state index contributed by atoms with van der Waals surface area (Å²) in [6, 6.07) is 17.0. The Hall–Kier alpha value is -3.27. The maximum absolute atomic E-state index is 14.1. The van der Waals surface area contributed by atoms with Gasteiger partial charge in [0.25, 0.3) is 10.0 Å². The minimum atomic E-state index is -4.24. The zero-order valence-corrected chi connectivity index (χ0v) is 25.9. The number of amides is 2. The first kappa shape index (κ1) is 32.2. The summed E-state index contributed by atoms with van der Waals surface area (Å²) in [5.74, 6) is -0.294. The normalized spacial score (nSPS) is 12.0. The number of anilines is 1. The standard InChI is InChI=1S/C30H35Cl2N3O5S/c1-5-14-33-30(37)28(6-2)34(19-22-8-7-9-26(15-22)40-4)29(36)20-35(25-17-23(31)16-24(32)18-25)41(38,39)27-12-10-21(3)11-13-27/h7-13,15-18,28H,5-6,14,19-20H2,1-4H3,(H,33,37)/t28-/m0/s1. The van der Waals surface area contributed by atoms with Crippen LogP contribution in [-0.2, 0) is 26.2 Å². The highest BCUT2D eigenvalue weighted by molar-refractivity contribution is 7.92. The maximum atomic E-state index is 14.1. The number of ether oxygens (including phenoxy) is 1. The number of nitrogens with one attached hydrogen (secondary N) is 1. The molecule has 11 heteroatoms. The zero-order valence-electron chi connectivity index (χ0n) is 23.6. The molecule has 3 rings (SSSR count). The third-order valence-electron chi connectivity index (χ3n) is 6.45. The van der Waals surface area contributed by atoms with Gasteiger partial charge in [0.15, 0.2) is 0 Å². The first-order valence-corrected chi connectivity index (χ1v) is 15.4. The second-order valence-electron chi connectivity index (χ2n) is 9.54. The monoisotopic (exact) mass is 619 g/mol. The van der Waals surface area contributed by atoms with Crippen molar-refractivity contribution in [3.8, 4) is 5.75 Å². The topological polar surface area (TPSA) is 96.0 Å². The van der Waals surface area contributed by atoms with Crippen LogP contribution in [0, 0.1) is 6.92 Å². The third kappa shape index (κ3) is 8.38. The number of hydrogen-bond donors (Lipinski definition) is 1. The largest absolute Gasteiger partial charge is 0.497 e. The summed E-state index contributed by atoms with van der Waals surface area (Å²) in [5, 5.41) is 3.29. The molecule has 0 saturated heterocycles. The van der Waals surface area contributed by atoms with Crippen molar-refractivity contribution in [3.63, 3.8) is 0 Å². The van der Waals surface area contributed by atoms with Gasteiger partial charge in [-0.3, -0.25) is 13.9 Å². The molecule has 41 heavy (non-hydrogen) atoms. The van der Waals surface area contributed by atoms with E-state index >= 15 is 0 Å². The number of benzene rings is 3. The van der Waals surface area contributed by atoms with E-state index in [1.54, 1.807) is 44.4 Å². The average Bonchev–Trinajstić information content (AvgIpc) is 2.94. The first-order valence-electron chi connectivity index (χ1n) is 13.3. The van der Waals surface area contributed by atoms with Crippen molar-refractivity contribution in [1.29, 1.82) is 0 Å². The van der Waals surface area contributed by atoms with E-state index in [4.69, 9.17) is 27.9 Å². The molecule has 0 saturated carbocycles. The summed E-state index contributed by atoms with van der Waals surface area (Å²) < 4.78 is 34.2. The highest BCUT2D eigenvalue weighted by Gasteiger charge is 2.34. The average molecular weight is 621 g/mol. The second-order valence-corrected chi connectivity index (χ2v) is 12.3. The van der Waals surface area contributed by atoms with Gasteiger partial charge in [-0.15, -0.1) is 0 Å². The van der Waals surface area contributed by atoms with E-state index in [1.807, 2.05) is 19.9 Å². The van der Waals surface area contributed by atoms with Gasteiger partial charge in [-0.1, -0.05) is 66.9 Å². The highest BCUT2D eigenvalue weighted by Crippen LogP contribution is 2.30. The van der Waals surface area contributed by atoms with E-state index in [2.05, 4.69) is 5.32 Å². The van der Waals surface area contributed by atoms with Gasteiger partial charge >= 0.3 is 0 Å². The van der Waals surface area contributed by atoms with E-state index in [1.165, 1.54) is 35.2 Å². The predicted octanol–water partition coefficient (Wildman–Crippen LogP) is 5.84. The van der Waals surface area contributed by atoms with Crippen LogP contribution in [0.3, 0.4) is 0 Å². The number of hydrogen-bond acceptors (Lipinski definition) is 5. The molecule has 2 amide bonds. The van der Waals surface area contributed by atoms with E-state index in [0.29, 0.717) is 18.7 Å². The summed E-state index contributed by atoms with van der Waals surface area (Å²) in [6.45, 7) is 5.51. The lowest BCUT2D eigenvalue weighted by Crippen LogP contribution is -2.52. The summed E-state index contributed by atoms with van der Waals surface area (Å²) in [5.41, 5.74) is 1.73. The fraction of sp³-hybridized carbons (Fsp3) is 0.333. The molecule has 0 aliphatic rings. The number of aryl methyl sites for hydroxylation is 1. The van der Waals surface area contributed by atoms with E-state index < -0.39 is 28.5 Å². The number of halogens is 2. The lowest BCUT2D eigenvalue weighted by Gasteiger charge is -2.33. The van der Waals surface area contributed by atoms with Gasteiger partial charge in [-0.05, 0) is 67.8 Å². The molecule has 0 aromatic heterocycles. The molecule has 0 spiro atoms. The molecule has 8 nitrogen and oxygen atoms in total. The Balaban J connectivity index is 2.09. The van der Waals surface area contributed by atoms with Crippen LogP contribution in [0.5, 0.6) is 5.75 Å². The molecule has 0 aliphatic carbocycles. The Morgan fingerprint density at radius 1 is 0.976 bits per heavy atom. The Labute approximate surface area is 252 Å². The molecule has 0 heterocycles. The number of methoxy groups -OCH3 is 1. The fourth-order valence-electron chi connectivity index (χ4n) is 4.30. The molecular formula is C30H35Cl2N3O5S. The Bertz CT molecular complexity index is 1440. The van der Waals surface area contributed by atoms with E-state index in [0.717, 1.165) is 21.9 Å². The van der Waals surface area contributed by atoms with Gasteiger partial charge in [-0.2, -0.15) is 0 Å². The van der Waals surface area contributed by atoms with Crippen molar-refractivity contribution >= 4 is 50.7 Å². The van der Waals surface area contributed by atoms with Crippen molar-refractivity contribution in [2.75, 3.05) is 24.5 Å². The van der Waals surface area contributed by atoms with Crippen LogP contribution in [0.4, 0.5) is 5.69 Å². The van der Waals surface area contributed by atoms with Crippen molar-refractivity contribution in [2.45, 2.75) is 51.1 Å². The molecule has 0 radical (unpaired) electrons. The van der Waals surface area contributed by atoms with E-state index in [9.17, 15) is 18.0 Å². The molecule has 0 fully saturated rings. The van der Waals surface area contributed by atoms with Crippen LogP contribution in [0.2, 0.25) is 10.0 Å². The van der Waals surface area contributed by atoms with Crippen LogP contribution in [0.15, 0.2) is 71.6 Å². The molecule has 1 atom stereocenters. The fourth-order valence-corrected chi connectivity index (χ4v) is 6.21. The second kappa shape index (κ2) is 14.6. The van der Waals surface area contributed by atoms with Crippen LogP contribution < -0.4 is 14.4 Å². The third-order valence-corrected chi connectivity index (χ3v) is 8.67. The van der Waals surface area contributed by atoms with Crippen LogP contribution in [0.25, 0.3) is 0 Å². The van der Waals surface area contributed by atoms with Gasteiger partial charge < -0.3 is 15.0 Å². The van der Waals surface area contributed by atoms with Crippen LogP contribution in [-0.4, -0.2) is 51.4 Å². The lowest BCUT2D eigenvalue weighted by molar-refractivity contribution is -0.140. The van der Waals surface area contributed by atoms with Gasteiger partial charge in [0.2, 0.25) is 11.8 Å². The van der Waals surface area contributed by atoms with Gasteiger partial charge in [0, 0.05) is 23.1 Å². The Morgan fingerprint density at radius 2 is 1.63 bits per heavy atom. The SMILES string of the molecule is CCCNC(=O)[C@H](CC)N(Cc1cccc(OC)c1)C(=O)CN(c1cc(Cl)cc(Cl)c1)S(=O)(=O)c1ccc(C)cc1. The molecule has 0 aliphatic heterocycles. The van der Waals surface area contributed by atoms with Gasteiger partial charge in [0.05, 0.1) is 17.7 Å². The number of carbonyl (C=O) groups excluding carboxylic acids is 2. The summed E-state index contributed by atoms with van der Waals surface area (Å²) in [4.78, 5) is 28.7. The molecular weight excluding hydrogens is 585 g/mol. The summed E-state index contributed by atoms with van der Waals surface area (Å²) >= 11 is 12.5. The van der Waals surface area contributed by atoms with Crippen molar-refractivity contribution in [1.82, 2.24) is 10.2 Å². The van der Waals surface area contributed by atoms with Crippen molar-refractivity contribution < 1.29 is 22.7 Å². The highest BCUT2D eigenvalue weighted by atomic mass is 35.5. The van der Waals surface area contributed by atoms with Crippen LogP contribution >= 0.6 is 23.2 Å². The molecule has 3 aromatic rings. The first-order chi connectivity index (χ1) is 19.5. The molecule has 220 valence electrons. The van der Waals surface area contributed by atoms with Gasteiger partial charge in [0.1, 0.15) is 18.3 Å². The molecule has 0 bridgehead atoms. The summed E-state index contributed by atoms with van der Waals surface area (Å²) in [7, 11) is -2.69. The minimum Gasteiger partial charge on any atom is -0.497 e. The van der Waals surface area contributed by atoms with Crippen LogP contribution in [0.1, 0.15) is 37.8 Å². The van der Waals surface area contributed by atoms with Crippen molar-refractivity contribution in [2.24, 2.45) is 0 Å². The Morgan fingerprint density at radius 3 is 2.22 bits per heavy atom.